The molecule has 2 heteroatoms. The summed E-state index contributed by atoms with van der Waals surface area (Å²) >= 11 is 0. The SMILES string of the molecule is CCCCCCCCc1ccc(-c2ccc(-c3ncc(CCC[C@@H](C)CC)cn3)cc2)cc1. The molecule has 0 spiro atoms. The maximum atomic E-state index is 4.62. The van der Waals surface area contributed by atoms with Gasteiger partial charge in [0.15, 0.2) is 5.82 Å². The first-order chi connectivity index (χ1) is 16.2. The second-order valence-electron chi connectivity index (χ2n) is 9.61. The molecule has 1 atom stereocenters. The summed E-state index contributed by atoms with van der Waals surface area (Å²) in [4.78, 5) is 9.24. The standard InChI is InChI=1S/C31H42N2/c1-4-6-7-8-9-10-13-26-15-17-28(18-16-26)29-19-21-30(22-20-29)31-32-23-27(24-33-31)14-11-12-25(3)5-2/h15-25H,4-14H2,1-3H3/t25-/m0/s1. The highest BCUT2D eigenvalue weighted by Crippen LogP contribution is 2.24. The zero-order valence-corrected chi connectivity index (χ0v) is 21.0. The third-order valence-electron chi connectivity index (χ3n) is 6.81. The van der Waals surface area contributed by atoms with Crippen LogP contribution in [-0.4, -0.2) is 9.97 Å². The molecule has 0 unspecified atom stereocenters. The van der Waals surface area contributed by atoms with E-state index in [1.165, 1.54) is 86.5 Å². The maximum absolute atomic E-state index is 4.62. The maximum Gasteiger partial charge on any atom is 0.159 e. The second kappa shape index (κ2) is 13.9. The van der Waals surface area contributed by atoms with Gasteiger partial charge in [-0.2, -0.15) is 0 Å². The lowest BCUT2D eigenvalue weighted by Crippen LogP contribution is -1.96. The zero-order valence-electron chi connectivity index (χ0n) is 21.0. The van der Waals surface area contributed by atoms with Crippen LogP contribution < -0.4 is 0 Å². The van der Waals surface area contributed by atoms with Crippen molar-refractivity contribution in [2.75, 3.05) is 0 Å². The molecule has 0 N–H and O–H groups in total. The smallest absolute Gasteiger partial charge is 0.159 e. The number of hydrogen-bond donors (Lipinski definition) is 0. The highest BCUT2D eigenvalue weighted by molar-refractivity contribution is 5.67. The summed E-state index contributed by atoms with van der Waals surface area (Å²) in [5, 5.41) is 0. The van der Waals surface area contributed by atoms with Crippen molar-refractivity contribution in [1.29, 1.82) is 0 Å². The molecule has 0 aliphatic heterocycles. The Hall–Kier alpha value is -2.48. The Morgan fingerprint density at radius 2 is 1.15 bits per heavy atom. The Balaban J connectivity index is 1.50. The van der Waals surface area contributed by atoms with E-state index in [0.29, 0.717) is 0 Å². The van der Waals surface area contributed by atoms with E-state index in [4.69, 9.17) is 0 Å². The van der Waals surface area contributed by atoms with E-state index >= 15 is 0 Å². The molecule has 0 aliphatic carbocycles. The third-order valence-corrected chi connectivity index (χ3v) is 6.81. The van der Waals surface area contributed by atoms with Gasteiger partial charge in [0, 0.05) is 18.0 Å². The Morgan fingerprint density at radius 1 is 0.606 bits per heavy atom. The lowest BCUT2D eigenvalue weighted by atomic mass is 9.99. The molecular weight excluding hydrogens is 400 g/mol. The lowest BCUT2D eigenvalue weighted by molar-refractivity contribution is 0.495. The van der Waals surface area contributed by atoms with Crippen molar-refractivity contribution >= 4 is 0 Å². The molecule has 2 aromatic carbocycles. The van der Waals surface area contributed by atoms with E-state index in [2.05, 4.69) is 79.3 Å². The average Bonchev–Trinajstić information content (AvgIpc) is 2.87. The molecular formula is C31H42N2. The van der Waals surface area contributed by atoms with Crippen LogP contribution in [0.5, 0.6) is 0 Å². The number of rotatable bonds is 14. The van der Waals surface area contributed by atoms with Crippen LogP contribution >= 0.6 is 0 Å². The van der Waals surface area contributed by atoms with Crippen LogP contribution in [0, 0.1) is 5.92 Å². The van der Waals surface area contributed by atoms with Crippen LogP contribution in [0.15, 0.2) is 60.9 Å². The highest BCUT2D eigenvalue weighted by Gasteiger charge is 2.05. The Bertz CT molecular complexity index is 911. The predicted molar refractivity (Wildman–Crippen MR) is 142 cm³/mol. The van der Waals surface area contributed by atoms with Gasteiger partial charge in [0.1, 0.15) is 0 Å². The molecule has 3 rings (SSSR count). The number of hydrogen-bond acceptors (Lipinski definition) is 2. The van der Waals surface area contributed by atoms with E-state index < -0.39 is 0 Å². The topological polar surface area (TPSA) is 25.8 Å². The van der Waals surface area contributed by atoms with Gasteiger partial charge in [-0.25, -0.2) is 9.97 Å². The predicted octanol–water partition coefficient (Wildman–Crippen LogP) is 9.08. The number of aryl methyl sites for hydroxylation is 2. The summed E-state index contributed by atoms with van der Waals surface area (Å²) in [6.45, 7) is 6.87. The number of benzene rings is 2. The van der Waals surface area contributed by atoms with Crippen LogP contribution in [0.1, 0.15) is 89.7 Å². The zero-order chi connectivity index (χ0) is 23.3. The Morgan fingerprint density at radius 3 is 1.79 bits per heavy atom. The molecule has 1 heterocycles. The van der Waals surface area contributed by atoms with Crippen molar-refractivity contribution in [3.63, 3.8) is 0 Å². The first kappa shape index (κ1) is 25.1. The van der Waals surface area contributed by atoms with E-state index in [1.807, 2.05) is 12.4 Å². The summed E-state index contributed by atoms with van der Waals surface area (Å²) in [5.41, 5.74) is 6.27. The Kier molecular flexibility index (Phi) is 10.6. The monoisotopic (exact) mass is 442 g/mol. The molecule has 0 radical (unpaired) electrons. The molecule has 1 aromatic heterocycles. The van der Waals surface area contributed by atoms with Crippen LogP contribution in [0.2, 0.25) is 0 Å². The molecule has 0 fully saturated rings. The molecule has 0 amide bonds. The summed E-state index contributed by atoms with van der Waals surface area (Å²) < 4.78 is 0. The molecule has 0 aliphatic rings. The number of aromatic nitrogens is 2. The first-order valence-corrected chi connectivity index (χ1v) is 13.2. The minimum Gasteiger partial charge on any atom is -0.236 e. The van der Waals surface area contributed by atoms with Crippen LogP contribution in [0.25, 0.3) is 22.5 Å². The third kappa shape index (κ3) is 8.42. The van der Waals surface area contributed by atoms with Gasteiger partial charge in [-0.1, -0.05) is 114 Å². The van der Waals surface area contributed by atoms with E-state index in [-0.39, 0.29) is 0 Å². The molecule has 176 valence electrons. The van der Waals surface area contributed by atoms with E-state index in [9.17, 15) is 0 Å². The largest absolute Gasteiger partial charge is 0.236 e. The van der Waals surface area contributed by atoms with Gasteiger partial charge in [0.25, 0.3) is 0 Å². The van der Waals surface area contributed by atoms with Gasteiger partial charge < -0.3 is 0 Å². The molecule has 3 aromatic rings. The van der Waals surface area contributed by atoms with Crippen LogP contribution in [-0.2, 0) is 12.8 Å². The van der Waals surface area contributed by atoms with Crippen molar-refractivity contribution in [1.82, 2.24) is 9.97 Å². The van der Waals surface area contributed by atoms with Crippen molar-refractivity contribution in [2.45, 2.75) is 91.4 Å². The summed E-state index contributed by atoms with van der Waals surface area (Å²) in [6, 6.07) is 17.7. The highest BCUT2D eigenvalue weighted by atomic mass is 14.9. The van der Waals surface area contributed by atoms with Gasteiger partial charge in [0.05, 0.1) is 0 Å². The van der Waals surface area contributed by atoms with Gasteiger partial charge >= 0.3 is 0 Å². The van der Waals surface area contributed by atoms with Crippen LogP contribution in [0.4, 0.5) is 0 Å². The van der Waals surface area contributed by atoms with Crippen LogP contribution in [0.3, 0.4) is 0 Å². The minimum absolute atomic E-state index is 0.806. The first-order valence-electron chi connectivity index (χ1n) is 13.2. The average molecular weight is 443 g/mol. The minimum atomic E-state index is 0.806. The molecule has 33 heavy (non-hydrogen) atoms. The fraction of sp³-hybridized carbons (Fsp3) is 0.484. The normalized spacial score (nSPS) is 12.1. The Labute approximate surface area is 201 Å². The summed E-state index contributed by atoms with van der Waals surface area (Å²) in [7, 11) is 0. The van der Waals surface area contributed by atoms with Crippen molar-refractivity contribution in [3.8, 4) is 22.5 Å². The number of unbranched alkanes of at least 4 members (excludes halogenated alkanes) is 5. The lowest BCUT2D eigenvalue weighted by Gasteiger charge is -2.08. The van der Waals surface area contributed by atoms with Gasteiger partial charge in [-0.05, 0) is 53.9 Å². The van der Waals surface area contributed by atoms with Crippen molar-refractivity contribution in [2.24, 2.45) is 5.92 Å². The second-order valence-corrected chi connectivity index (χ2v) is 9.61. The van der Waals surface area contributed by atoms with Gasteiger partial charge in [-0.15, -0.1) is 0 Å². The fourth-order valence-corrected chi connectivity index (χ4v) is 4.28. The molecule has 0 bridgehead atoms. The quantitative estimate of drug-likeness (QED) is 0.233. The van der Waals surface area contributed by atoms with Gasteiger partial charge in [0.2, 0.25) is 0 Å². The fourth-order valence-electron chi connectivity index (χ4n) is 4.28. The van der Waals surface area contributed by atoms with Crippen molar-refractivity contribution in [3.05, 3.63) is 72.1 Å². The van der Waals surface area contributed by atoms with E-state index in [0.717, 1.165) is 23.7 Å². The summed E-state index contributed by atoms with van der Waals surface area (Å²) in [5.74, 6) is 1.61. The van der Waals surface area contributed by atoms with Gasteiger partial charge in [-0.3, -0.25) is 0 Å². The molecule has 0 saturated carbocycles. The van der Waals surface area contributed by atoms with Crippen molar-refractivity contribution < 1.29 is 0 Å². The van der Waals surface area contributed by atoms with E-state index in [1.54, 1.807) is 0 Å². The molecule has 2 nitrogen and oxygen atoms in total. The number of nitrogens with zero attached hydrogens (tertiary/aromatic N) is 2. The molecule has 0 saturated heterocycles. The summed E-state index contributed by atoms with van der Waals surface area (Å²) in [6.07, 6.45) is 18.1.